The van der Waals surface area contributed by atoms with Crippen LogP contribution in [0, 0.1) is 5.92 Å². The zero-order valence-corrected chi connectivity index (χ0v) is 33.7. The number of nitrogens with zero attached hydrogens (tertiary/aromatic N) is 1. The monoisotopic (exact) mass is 690 g/mol. The van der Waals surface area contributed by atoms with E-state index < -0.39 is 10.4 Å². The summed E-state index contributed by atoms with van der Waals surface area (Å²) < 4.78 is 29.7. The minimum absolute atomic E-state index is 0.870. The molecule has 0 radical (unpaired) electrons. The van der Waals surface area contributed by atoms with Crippen molar-refractivity contribution < 1.29 is 17.2 Å². The molecule has 0 spiro atoms. The largest absolute Gasteiger partial charge is 0.397 e. The van der Waals surface area contributed by atoms with Gasteiger partial charge in [0, 0.05) is 6.54 Å². The maximum atomic E-state index is 9.33. The number of hydrogen-bond acceptors (Lipinski definition) is 4. The van der Waals surface area contributed by atoms with Crippen molar-refractivity contribution in [3.05, 3.63) is 0 Å². The summed E-state index contributed by atoms with van der Waals surface area (Å²) in [6, 6.07) is 0. The highest BCUT2D eigenvalue weighted by atomic mass is 32.3. The zero-order valence-electron chi connectivity index (χ0n) is 32.9. The lowest BCUT2D eigenvalue weighted by molar-refractivity contribution is 0.286. The fourth-order valence-electron chi connectivity index (χ4n) is 6.81. The van der Waals surface area contributed by atoms with Gasteiger partial charge in [-0.25, -0.2) is 0 Å². The van der Waals surface area contributed by atoms with Crippen LogP contribution in [0.3, 0.4) is 0 Å². The van der Waals surface area contributed by atoms with Crippen molar-refractivity contribution >= 4 is 10.4 Å². The minimum atomic E-state index is -4.16. The van der Waals surface area contributed by atoms with Crippen molar-refractivity contribution in [2.75, 3.05) is 27.7 Å². The normalized spacial score (nSPS) is 11.8. The first kappa shape index (κ1) is 48.9. The molecule has 1 N–H and O–H groups in total. The third-order valence-corrected chi connectivity index (χ3v) is 10.2. The molecule has 5 nitrogen and oxygen atoms in total. The lowest BCUT2D eigenvalue weighted by Gasteiger charge is -2.21. The molecule has 0 fully saturated rings. The van der Waals surface area contributed by atoms with Crippen LogP contribution in [0.25, 0.3) is 0 Å². The molecule has 0 saturated heterocycles. The Labute approximate surface area is 297 Å². The van der Waals surface area contributed by atoms with E-state index in [1.807, 2.05) is 0 Å². The second kappa shape index (κ2) is 40.3. The first-order valence-corrected chi connectivity index (χ1v) is 22.3. The number of hydrogen-bond donors (Lipinski definition) is 1. The Kier molecular flexibility index (Phi) is 41.9. The van der Waals surface area contributed by atoms with Gasteiger partial charge in [0.25, 0.3) is 0 Å². The predicted octanol–water partition coefficient (Wildman–Crippen LogP) is 13.9. The van der Waals surface area contributed by atoms with E-state index in [2.05, 4.69) is 37.0 Å². The standard InChI is InChI=1S/C40H83N.CH4O4S/c1-5-7-9-11-13-15-17-19-21-23-25-27-29-31-33-35-37-40(39-41(3)4)38-36-34-32-30-28-26-24-22-20-18-16-14-12-10-8-6-2;1-5-6(2,3)4/h40H,5-39H2,1-4H3;1H3,(H,2,3,4). The molecule has 0 aliphatic heterocycles. The Morgan fingerprint density at radius 2 is 0.638 bits per heavy atom. The molecule has 0 saturated carbocycles. The molecule has 0 amide bonds. The second-order valence-corrected chi connectivity index (χ2v) is 16.1. The Morgan fingerprint density at radius 1 is 0.447 bits per heavy atom. The van der Waals surface area contributed by atoms with Gasteiger partial charge >= 0.3 is 10.4 Å². The van der Waals surface area contributed by atoms with Crippen LogP contribution in [0.2, 0.25) is 0 Å². The molecule has 0 bridgehead atoms. The molecule has 0 unspecified atom stereocenters. The van der Waals surface area contributed by atoms with Crippen LogP contribution < -0.4 is 0 Å². The molecule has 6 heteroatoms. The van der Waals surface area contributed by atoms with Crippen LogP contribution in [-0.4, -0.2) is 45.6 Å². The average molecular weight is 690 g/mol. The fourth-order valence-corrected chi connectivity index (χ4v) is 6.81. The zero-order chi connectivity index (χ0) is 35.1. The van der Waals surface area contributed by atoms with Gasteiger partial charge in [0.15, 0.2) is 0 Å². The maximum Gasteiger partial charge on any atom is 0.397 e. The van der Waals surface area contributed by atoms with Crippen molar-refractivity contribution in [1.82, 2.24) is 4.90 Å². The van der Waals surface area contributed by atoms with Gasteiger partial charge in [0.2, 0.25) is 0 Å². The van der Waals surface area contributed by atoms with Gasteiger partial charge in [-0.2, -0.15) is 8.42 Å². The molecule has 0 aromatic heterocycles. The molecular formula is C41H87NO4S. The second-order valence-electron chi connectivity index (χ2n) is 14.9. The van der Waals surface area contributed by atoms with E-state index in [0.29, 0.717) is 0 Å². The molecule has 286 valence electrons. The van der Waals surface area contributed by atoms with E-state index >= 15 is 0 Å². The third kappa shape index (κ3) is 48.0. The van der Waals surface area contributed by atoms with Gasteiger partial charge in [-0.1, -0.05) is 219 Å². The molecule has 0 aliphatic rings. The highest BCUT2D eigenvalue weighted by molar-refractivity contribution is 7.80. The van der Waals surface area contributed by atoms with Gasteiger partial charge in [0.05, 0.1) is 7.11 Å². The van der Waals surface area contributed by atoms with E-state index in [-0.39, 0.29) is 0 Å². The van der Waals surface area contributed by atoms with Gasteiger partial charge in [-0.05, 0) is 32.9 Å². The van der Waals surface area contributed by atoms with Gasteiger partial charge < -0.3 is 4.90 Å². The smallest absolute Gasteiger partial charge is 0.309 e. The summed E-state index contributed by atoms with van der Waals surface area (Å²) in [6.45, 7) is 5.92. The van der Waals surface area contributed by atoms with Crippen LogP contribution in [0.15, 0.2) is 0 Å². The van der Waals surface area contributed by atoms with Crippen molar-refractivity contribution in [2.45, 2.75) is 232 Å². The molecule has 0 aliphatic carbocycles. The molecule has 0 aromatic carbocycles. The lowest BCUT2D eigenvalue weighted by atomic mass is 9.93. The van der Waals surface area contributed by atoms with E-state index in [1.54, 1.807) is 0 Å². The molecule has 0 atom stereocenters. The van der Waals surface area contributed by atoms with Gasteiger partial charge in [-0.3, -0.25) is 8.74 Å². The van der Waals surface area contributed by atoms with Crippen LogP contribution in [0.1, 0.15) is 232 Å². The summed E-state index contributed by atoms with van der Waals surface area (Å²) in [6.07, 6.45) is 50.0. The molecule has 47 heavy (non-hydrogen) atoms. The van der Waals surface area contributed by atoms with Crippen LogP contribution in [0.4, 0.5) is 0 Å². The maximum absolute atomic E-state index is 9.33. The Morgan fingerprint density at radius 3 is 0.809 bits per heavy atom. The Hall–Kier alpha value is -0.170. The first-order chi connectivity index (χ1) is 22.8. The Bertz CT molecular complexity index is 634. The van der Waals surface area contributed by atoms with E-state index in [9.17, 15) is 8.42 Å². The highest BCUT2D eigenvalue weighted by Gasteiger charge is 2.10. The number of rotatable bonds is 37. The average Bonchev–Trinajstić information content (AvgIpc) is 3.03. The minimum Gasteiger partial charge on any atom is -0.309 e. The summed E-state index contributed by atoms with van der Waals surface area (Å²) in [5.41, 5.74) is 0. The summed E-state index contributed by atoms with van der Waals surface area (Å²) in [4.78, 5) is 2.43. The lowest BCUT2D eigenvalue weighted by Crippen LogP contribution is -2.21. The van der Waals surface area contributed by atoms with Crippen molar-refractivity contribution in [1.29, 1.82) is 0 Å². The Balaban J connectivity index is 0. The van der Waals surface area contributed by atoms with Crippen molar-refractivity contribution in [3.63, 3.8) is 0 Å². The quantitative estimate of drug-likeness (QED) is 0.0519. The summed E-state index contributed by atoms with van der Waals surface area (Å²) in [5, 5.41) is 0. The van der Waals surface area contributed by atoms with Crippen molar-refractivity contribution in [3.8, 4) is 0 Å². The fraction of sp³-hybridized carbons (Fsp3) is 1.00. The van der Waals surface area contributed by atoms with E-state index in [1.165, 1.54) is 225 Å². The third-order valence-electron chi connectivity index (χ3n) is 9.77. The number of unbranched alkanes of at least 4 members (excludes halogenated alkanes) is 30. The summed E-state index contributed by atoms with van der Waals surface area (Å²) in [7, 11) is 1.25. The van der Waals surface area contributed by atoms with E-state index in [0.717, 1.165) is 13.0 Å². The molecular weight excluding hydrogens is 603 g/mol. The molecule has 0 heterocycles. The highest BCUT2D eigenvalue weighted by Crippen LogP contribution is 2.21. The van der Waals surface area contributed by atoms with E-state index in [4.69, 9.17) is 4.55 Å². The van der Waals surface area contributed by atoms with Crippen LogP contribution >= 0.6 is 0 Å². The predicted molar refractivity (Wildman–Crippen MR) is 209 cm³/mol. The molecule has 0 rings (SSSR count). The SMILES string of the molecule is CCCCCCCCCCCCCCCCCCC(CCCCCCCCCCCCCCCCCC)CN(C)C.COS(=O)(=O)O. The van der Waals surface area contributed by atoms with Gasteiger partial charge in [-0.15, -0.1) is 0 Å². The topological polar surface area (TPSA) is 66.8 Å². The first-order valence-electron chi connectivity index (χ1n) is 20.9. The summed E-state index contributed by atoms with van der Waals surface area (Å²) >= 11 is 0. The van der Waals surface area contributed by atoms with Crippen LogP contribution in [0.5, 0.6) is 0 Å². The molecule has 0 aromatic rings. The van der Waals surface area contributed by atoms with Gasteiger partial charge in [0.1, 0.15) is 0 Å². The van der Waals surface area contributed by atoms with Crippen molar-refractivity contribution in [2.24, 2.45) is 5.92 Å². The summed E-state index contributed by atoms with van der Waals surface area (Å²) in [5.74, 6) is 0.934. The van der Waals surface area contributed by atoms with Crippen LogP contribution in [-0.2, 0) is 14.6 Å².